The van der Waals surface area contributed by atoms with Crippen LogP contribution < -0.4 is 4.90 Å². The third-order valence-electron chi connectivity index (χ3n) is 3.20. The van der Waals surface area contributed by atoms with Gasteiger partial charge < -0.3 is 9.80 Å². The SMILES string of the molecule is O=C(CCBr)N1CCN(c2ncccc2[N+](=O)[O-])CC1. The monoisotopic (exact) mass is 342 g/mol. The van der Waals surface area contributed by atoms with Crippen molar-refractivity contribution in [3.8, 4) is 0 Å². The number of halogens is 1. The lowest BCUT2D eigenvalue weighted by Crippen LogP contribution is -2.49. The Labute approximate surface area is 124 Å². The number of pyridine rings is 1. The second kappa shape index (κ2) is 6.65. The van der Waals surface area contributed by atoms with Gasteiger partial charge >= 0.3 is 5.69 Å². The van der Waals surface area contributed by atoms with Crippen LogP contribution in [0.1, 0.15) is 6.42 Å². The molecule has 7 nitrogen and oxygen atoms in total. The molecule has 1 fully saturated rings. The first-order valence-corrected chi connectivity index (χ1v) is 7.43. The molecule has 0 aromatic carbocycles. The molecule has 0 radical (unpaired) electrons. The van der Waals surface area contributed by atoms with Gasteiger partial charge in [0.05, 0.1) is 4.92 Å². The van der Waals surface area contributed by atoms with Crippen LogP contribution in [0, 0.1) is 10.1 Å². The Morgan fingerprint density at radius 1 is 1.40 bits per heavy atom. The lowest BCUT2D eigenvalue weighted by atomic mass is 10.2. The molecule has 0 saturated carbocycles. The van der Waals surface area contributed by atoms with Crippen molar-refractivity contribution in [1.82, 2.24) is 9.88 Å². The zero-order valence-electron chi connectivity index (χ0n) is 10.9. The largest absolute Gasteiger partial charge is 0.347 e. The summed E-state index contributed by atoms with van der Waals surface area (Å²) in [7, 11) is 0. The molecule has 0 bridgehead atoms. The number of rotatable bonds is 4. The van der Waals surface area contributed by atoms with E-state index < -0.39 is 4.92 Å². The van der Waals surface area contributed by atoms with Gasteiger partial charge in [-0.15, -0.1) is 0 Å². The molecule has 1 amide bonds. The second-order valence-corrected chi connectivity index (χ2v) is 5.20. The topological polar surface area (TPSA) is 79.6 Å². The number of anilines is 1. The van der Waals surface area contributed by atoms with Gasteiger partial charge in [0, 0.05) is 50.2 Å². The Morgan fingerprint density at radius 2 is 2.10 bits per heavy atom. The van der Waals surface area contributed by atoms with Crippen LogP contribution in [0.25, 0.3) is 0 Å². The number of nitrogens with zero attached hydrogens (tertiary/aromatic N) is 4. The average molecular weight is 343 g/mol. The molecular formula is C12H15BrN4O3. The number of amides is 1. The van der Waals surface area contributed by atoms with E-state index in [0.29, 0.717) is 43.7 Å². The van der Waals surface area contributed by atoms with Crippen LogP contribution in [-0.2, 0) is 4.79 Å². The summed E-state index contributed by atoms with van der Waals surface area (Å²) in [5.74, 6) is 0.488. The maximum absolute atomic E-state index is 11.8. The first-order chi connectivity index (χ1) is 9.63. The molecule has 1 saturated heterocycles. The number of carbonyl (C=O) groups excluding carboxylic acids is 1. The van der Waals surface area contributed by atoms with E-state index in [1.165, 1.54) is 6.07 Å². The number of alkyl halides is 1. The molecule has 1 aromatic rings. The summed E-state index contributed by atoms with van der Waals surface area (Å²) >= 11 is 3.25. The molecule has 1 aromatic heterocycles. The van der Waals surface area contributed by atoms with Crippen LogP contribution >= 0.6 is 15.9 Å². The van der Waals surface area contributed by atoms with Crippen molar-refractivity contribution >= 4 is 33.3 Å². The van der Waals surface area contributed by atoms with E-state index in [0.717, 1.165) is 0 Å². The fraction of sp³-hybridized carbons (Fsp3) is 0.500. The van der Waals surface area contributed by atoms with E-state index in [1.807, 2.05) is 4.90 Å². The van der Waals surface area contributed by atoms with Crippen molar-refractivity contribution in [1.29, 1.82) is 0 Å². The molecule has 1 aliphatic rings. The minimum atomic E-state index is -0.426. The third kappa shape index (κ3) is 3.24. The van der Waals surface area contributed by atoms with Crippen molar-refractivity contribution in [2.45, 2.75) is 6.42 Å². The van der Waals surface area contributed by atoms with E-state index in [2.05, 4.69) is 20.9 Å². The Kier molecular flexibility index (Phi) is 4.89. The number of aromatic nitrogens is 1. The highest BCUT2D eigenvalue weighted by Crippen LogP contribution is 2.25. The molecule has 1 aliphatic heterocycles. The van der Waals surface area contributed by atoms with Crippen molar-refractivity contribution in [2.24, 2.45) is 0 Å². The summed E-state index contributed by atoms with van der Waals surface area (Å²) in [6, 6.07) is 3.00. The summed E-state index contributed by atoms with van der Waals surface area (Å²) in [5, 5.41) is 11.6. The molecular weight excluding hydrogens is 328 g/mol. The third-order valence-corrected chi connectivity index (χ3v) is 3.60. The van der Waals surface area contributed by atoms with Gasteiger partial charge in [-0.1, -0.05) is 15.9 Å². The Hall–Kier alpha value is -1.70. The fourth-order valence-corrected chi connectivity index (χ4v) is 2.52. The first-order valence-electron chi connectivity index (χ1n) is 6.31. The molecule has 20 heavy (non-hydrogen) atoms. The summed E-state index contributed by atoms with van der Waals surface area (Å²) in [4.78, 5) is 30.1. The lowest BCUT2D eigenvalue weighted by molar-refractivity contribution is -0.384. The maximum atomic E-state index is 11.8. The zero-order chi connectivity index (χ0) is 14.5. The van der Waals surface area contributed by atoms with Crippen molar-refractivity contribution in [3.05, 3.63) is 28.4 Å². The predicted octanol–water partition coefficient (Wildman–Crippen LogP) is 1.42. The van der Waals surface area contributed by atoms with E-state index in [9.17, 15) is 14.9 Å². The second-order valence-electron chi connectivity index (χ2n) is 4.41. The van der Waals surface area contributed by atoms with Crippen LogP contribution in [0.4, 0.5) is 11.5 Å². The fourth-order valence-electron chi connectivity index (χ4n) is 2.18. The normalized spacial score (nSPS) is 15.2. The molecule has 0 unspecified atom stereocenters. The molecule has 0 aliphatic carbocycles. The van der Waals surface area contributed by atoms with Crippen LogP contribution in [0.3, 0.4) is 0 Å². The summed E-state index contributed by atoms with van der Waals surface area (Å²) < 4.78 is 0. The number of hydrogen-bond acceptors (Lipinski definition) is 5. The Morgan fingerprint density at radius 3 is 2.70 bits per heavy atom. The molecule has 0 N–H and O–H groups in total. The summed E-state index contributed by atoms with van der Waals surface area (Å²) in [6.45, 7) is 2.26. The minimum Gasteiger partial charge on any atom is -0.347 e. The highest BCUT2D eigenvalue weighted by molar-refractivity contribution is 9.09. The van der Waals surface area contributed by atoms with Crippen LogP contribution in [0.2, 0.25) is 0 Å². The Balaban J connectivity index is 2.04. The maximum Gasteiger partial charge on any atom is 0.311 e. The predicted molar refractivity (Wildman–Crippen MR) is 78.1 cm³/mol. The smallest absolute Gasteiger partial charge is 0.311 e. The van der Waals surface area contributed by atoms with Crippen LogP contribution in [0.5, 0.6) is 0 Å². The Bertz CT molecular complexity index is 503. The molecule has 0 atom stereocenters. The highest BCUT2D eigenvalue weighted by atomic mass is 79.9. The highest BCUT2D eigenvalue weighted by Gasteiger charge is 2.26. The molecule has 8 heteroatoms. The summed E-state index contributed by atoms with van der Waals surface area (Å²) in [6.07, 6.45) is 2.02. The van der Waals surface area contributed by atoms with Gasteiger partial charge in [0.15, 0.2) is 0 Å². The molecule has 2 heterocycles. The minimum absolute atomic E-state index is 0.00716. The van der Waals surface area contributed by atoms with Gasteiger partial charge in [0.1, 0.15) is 0 Å². The van der Waals surface area contributed by atoms with E-state index in [-0.39, 0.29) is 11.6 Å². The number of nitro groups is 1. The van der Waals surface area contributed by atoms with E-state index in [1.54, 1.807) is 17.2 Å². The van der Waals surface area contributed by atoms with Gasteiger partial charge in [0.2, 0.25) is 11.7 Å². The van der Waals surface area contributed by atoms with Gasteiger partial charge in [-0.2, -0.15) is 0 Å². The van der Waals surface area contributed by atoms with Crippen molar-refractivity contribution < 1.29 is 9.72 Å². The molecule has 108 valence electrons. The van der Waals surface area contributed by atoms with E-state index in [4.69, 9.17) is 0 Å². The number of piperazine rings is 1. The quantitative estimate of drug-likeness (QED) is 0.469. The van der Waals surface area contributed by atoms with Gasteiger partial charge in [0.25, 0.3) is 0 Å². The van der Waals surface area contributed by atoms with Gasteiger partial charge in [-0.25, -0.2) is 4.98 Å². The van der Waals surface area contributed by atoms with Crippen molar-refractivity contribution in [3.63, 3.8) is 0 Å². The molecule has 0 spiro atoms. The van der Waals surface area contributed by atoms with Crippen molar-refractivity contribution in [2.75, 3.05) is 36.4 Å². The van der Waals surface area contributed by atoms with Crippen LogP contribution in [-0.4, -0.2) is 52.2 Å². The average Bonchev–Trinajstić information content (AvgIpc) is 2.47. The first kappa shape index (κ1) is 14.7. The standard InChI is InChI=1S/C12H15BrN4O3/c13-4-3-11(18)15-6-8-16(9-7-15)12-10(17(19)20)2-1-5-14-12/h1-2,5H,3-4,6-9H2. The molecule has 2 rings (SSSR count). The van der Waals surface area contributed by atoms with Crippen LogP contribution in [0.15, 0.2) is 18.3 Å². The number of carbonyl (C=O) groups is 1. The lowest BCUT2D eigenvalue weighted by Gasteiger charge is -2.35. The number of hydrogen-bond donors (Lipinski definition) is 0. The van der Waals surface area contributed by atoms with Gasteiger partial charge in [-0.05, 0) is 6.07 Å². The van der Waals surface area contributed by atoms with Gasteiger partial charge in [-0.3, -0.25) is 14.9 Å². The zero-order valence-corrected chi connectivity index (χ0v) is 12.5. The summed E-state index contributed by atoms with van der Waals surface area (Å²) in [5.41, 5.74) is 0.00716. The van der Waals surface area contributed by atoms with E-state index >= 15 is 0 Å².